The van der Waals surface area contributed by atoms with Gasteiger partial charge in [0.1, 0.15) is 7.85 Å². The van der Waals surface area contributed by atoms with Gasteiger partial charge in [0.25, 0.3) is 0 Å². The van der Waals surface area contributed by atoms with Crippen LogP contribution in [-0.2, 0) is 0 Å². The van der Waals surface area contributed by atoms with Gasteiger partial charge in [-0.05, 0) is 91.7 Å². The summed E-state index contributed by atoms with van der Waals surface area (Å²) in [6.07, 6.45) is 0. The number of hydrogen-bond donors (Lipinski definition) is 0. The average Bonchev–Trinajstić information content (AvgIpc) is 3.16. The summed E-state index contributed by atoms with van der Waals surface area (Å²) in [5.41, 5.74) is 14.2. The van der Waals surface area contributed by atoms with Gasteiger partial charge in [-0.15, -0.1) is 0 Å². The maximum absolute atomic E-state index is 2.40. The monoisotopic (exact) mass is 611 g/mol. The van der Waals surface area contributed by atoms with E-state index in [0.717, 1.165) is 17.1 Å². The summed E-state index contributed by atoms with van der Waals surface area (Å²) in [7, 11) is 2.19. The third-order valence-electron chi connectivity index (χ3n) is 9.09. The number of fused-ring (bicyclic) bond motifs is 1. The smallest absolute Gasteiger partial charge is 0.139 e. The highest BCUT2D eigenvalue weighted by Gasteiger charge is 2.18. The number of nitrogens with zero attached hydrogens (tertiary/aromatic N) is 1. The molecule has 8 aromatic rings. The Hall–Kier alpha value is -6.12. The molecule has 0 aromatic heterocycles. The van der Waals surface area contributed by atoms with Crippen molar-refractivity contribution in [3.63, 3.8) is 0 Å². The Kier molecular flexibility index (Phi) is 7.90. The minimum absolute atomic E-state index is 1.11. The maximum atomic E-state index is 2.40. The Labute approximate surface area is 283 Å². The standard InChI is InChI=1S/C46H34BN/c47-39-29-38(34-15-6-2-7-16-34)30-42(31-39)48(40-25-23-35(24-26-40)33-13-4-1-5-14-33)41-27-28-45(46(32-41)37-17-8-3-9-18-37)44-22-12-20-36-19-10-11-21-43(36)44/h1-32H,47H2. The lowest BCUT2D eigenvalue weighted by Gasteiger charge is -2.28. The van der Waals surface area contributed by atoms with E-state index >= 15 is 0 Å². The second-order valence-corrected chi connectivity index (χ2v) is 12.3. The first-order valence-electron chi connectivity index (χ1n) is 16.5. The Bertz CT molecular complexity index is 2320. The molecule has 0 amide bonds. The Morgan fingerprint density at radius 2 is 0.875 bits per heavy atom. The molecule has 2 heteroatoms. The fraction of sp³-hybridized carbons (Fsp3) is 0. The number of hydrogen-bond acceptors (Lipinski definition) is 1. The molecular formula is C46H34BN. The predicted molar refractivity (Wildman–Crippen MR) is 209 cm³/mol. The molecule has 8 aromatic carbocycles. The molecule has 0 aliphatic carbocycles. The van der Waals surface area contributed by atoms with Crippen LogP contribution in [0.15, 0.2) is 194 Å². The van der Waals surface area contributed by atoms with Crippen LogP contribution in [0.5, 0.6) is 0 Å². The summed E-state index contributed by atoms with van der Waals surface area (Å²) < 4.78 is 0. The fourth-order valence-electron chi connectivity index (χ4n) is 6.79. The molecule has 0 heterocycles. The highest BCUT2D eigenvalue weighted by atomic mass is 15.1. The molecule has 226 valence electrons. The second kappa shape index (κ2) is 12.9. The quantitative estimate of drug-likeness (QED) is 0.162. The van der Waals surface area contributed by atoms with Crippen molar-refractivity contribution in [3.05, 3.63) is 194 Å². The molecule has 0 atom stereocenters. The second-order valence-electron chi connectivity index (χ2n) is 12.3. The first-order valence-corrected chi connectivity index (χ1v) is 16.5. The van der Waals surface area contributed by atoms with E-state index in [1.165, 1.54) is 60.7 Å². The molecule has 0 saturated heterocycles. The van der Waals surface area contributed by atoms with Crippen molar-refractivity contribution in [1.29, 1.82) is 0 Å². The number of benzene rings is 8. The van der Waals surface area contributed by atoms with Crippen LogP contribution < -0.4 is 10.4 Å². The van der Waals surface area contributed by atoms with E-state index in [1.54, 1.807) is 0 Å². The normalized spacial score (nSPS) is 11.0. The third kappa shape index (κ3) is 5.81. The topological polar surface area (TPSA) is 3.24 Å². The lowest BCUT2D eigenvalue weighted by Crippen LogP contribution is -2.14. The highest BCUT2D eigenvalue weighted by Crippen LogP contribution is 2.43. The summed E-state index contributed by atoms with van der Waals surface area (Å²) in [5.74, 6) is 0. The number of anilines is 3. The largest absolute Gasteiger partial charge is 0.310 e. The molecule has 48 heavy (non-hydrogen) atoms. The SMILES string of the molecule is Bc1cc(-c2ccccc2)cc(N(c2ccc(-c3ccccc3)cc2)c2ccc(-c3cccc4ccccc34)c(-c3ccccc3)c2)c1. The molecule has 0 unspecified atom stereocenters. The van der Waals surface area contributed by atoms with Crippen molar-refractivity contribution in [1.82, 2.24) is 0 Å². The van der Waals surface area contributed by atoms with Crippen LogP contribution in [0.4, 0.5) is 17.1 Å². The van der Waals surface area contributed by atoms with Gasteiger partial charge in [-0.1, -0.05) is 163 Å². The molecule has 0 spiro atoms. The Balaban J connectivity index is 1.34. The zero-order chi connectivity index (χ0) is 32.3. The highest BCUT2D eigenvalue weighted by molar-refractivity contribution is 6.33. The molecular weight excluding hydrogens is 577 g/mol. The molecule has 8 rings (SSSR count). The van der Waals surface area contributed by atoms with Crippen molar-refractivity contribution >= 4 is 41.1 Å². The molecule has 0 radical (unpaired) electrons. The molecule has 0 N–H and O–H groups in total. The van der Waals surface area contributed by atoms with Crippen LogP contribution in [-0.4, -0.2) is 7.85 Å². The van der Waals surface area contributed by atoms with Crippen molar-refractivity contribution in [2.45, 2.75) is 0 Å². The summed E-state index contributed by atoms with van der Waals surface area (Å²) in [6, 6.07) is 70.0. The summed E-state index contributed by atoms with van der Waals surface area (Å²) >= 11 is 0. The summed E-state index contributed by atoms with van der Waals surface area (Å²) in [4.78, 5) is 2.40. The van der Waals surface area contributed by atoms with Gasteiger partial charge in [-0.3, -0.25) is 0 Å². The van der Waals surface area contributed by atoms with E-state index in [0.29, 0.717) is 0 Å². The van der Waals surface area contributed by atoms with Crippen LogP contribution in [0.3, 0.4) is 0 Å². The van der Waals surface area contributed by atoms with Crippen LogP contribution in [0.1, 0.15) is 0 Å². The molecule has 0 bridgehead atoms. The van der Waals surface area contributed by atoms with E-state index in [9.17, 15) is 0 Å². The molecule has 0 aliphatic rings. The van der Waals surface area contributed by atoms with E-state index in [-0.39, 0.29) is 0 Å². The zero-order valence-electron chi connectivity index (χ0n) is 26.9. The number of rotatable bonds is 7. The van der Waals surface area contributed by atoms with Crippen molar-refractivity contribution in [2.24, 2.45) is 0 Å². The maximum Gasteiger partial charge on any atom is 0.139 e. The summed E-state index contributed by atoms with van der Waals surface area (Å²) in [5, 5.41) is 2.50. The van der Waals surface area contributed by atoms with E-state index in [1.807, 2.05) is 0 Å². The van der Waals surface area contributed by atoms with Gasteiger partial charge in [0.2, 0.25) is 0 Å². The van der Waals surface area contributed by atoms with Crippen molar-refractivity contribution in [2.75, 3.05) is 4.90 Å². The van der Waals surface area contributed by atoms with Gasteiger partial charge in [0.05, 0.1) is 0 Å². The molecule has 0 fully saturated rings. The lowest BCUT2D eigenvalue weighted by molar-refractivity contribution is 1.29. The molecule has 0 saturated carbocycles. The van der Waals surface area contributed by atoms with Gasteiger partial charge in [-0.2, -0.15) is 0 Å². The van der Waals surface area contributed by atoms with E-state index in [2.05, 4.69) is 207 Å². The molecule has 0 aliphatic heterocycles. The van der Waals surface area contributed by atoms with Gasteiger partial charge < -0.3 is 4.90 Å². The van der Waals surface area contributed by atoms with Gasteiger partial charge >= 0.3 is 0 Å². The molecule has 1 nitrogen and oxygen atoms in total. The van der Waals surface area contributed by atoms with Crippen LogP contribution in [0.2, 0.25) is 0 Å². The minimum Gasteiger partial charge on any atom is -0.310 e. The summed E-state index contributed by atoms with van der Waals surface area (Å²) in [6.45, 7) is 0. The van der Waals surface area contributed by atoms with Gasteiger partial charge in [-0.25, -0.2) is 0 Å². The minimum atomic E-state index is 1.11. The van der Waals surface area contributed by atoms with Crippen molar-refractivity contribution in [3.8, 4) is 44.5 Å². The third-order valence-corrected chi connectivity index (χ3v) is 9.09. The fourth-order valence-corrected chi connectivity index (χ4v) is 6.79. The predicted octanol–water partition coefficient (Wildman–Crippen LogP) is 11.2. The van der Waals surface area contributed by atoms with E-state index in [4.69, 9.17) is 0 Å². The van der Waals surface area contributed by atoms with Crippen LogP contribution in [0, 0.1) is 0 Å². The Morgan fingerprint density at radius 1 is 0.312 bits per heavy atom. The van der Waals surface area contributed by atoms with E-state index < -0.39 is 0 Å². The average molecular weight is 612 g/mol. The first-order chi connectivity index (χ1) is 23.7. The zero-order valence-corrected chi connectivity index (χ0v) is 26.9. The van der Waals surface area contributed by atoms with Gasteiger partial charge in [0.15, 0.2) is 0 Å². The Morgan fingerprint density at radius 3 is 1.58 bits per heavy atom. The first kappa shape index (κ1) is 29.3. The van der Waals surface area contributed by atoms with Crippen molar-refractivity contribution < 1.29 is 0 Å². The lowest BCUT2D eigenvalue weighted by atomic mass is 9.90. The van der Waals surface area contributed by atoms with Crippen LogP contribution in [0.25, 0.3) is 55.3 Å². The van der Waals surface area contributed by atoms with Gasteiger partial charge in [0, 0.05) is 17.1 Å². The van der Waals surface area contributed by atoms with Crippen LogP contribution >= 0.6 is 0 Å².